The van der Waals surface area contributed by atoms with E-state index in [4.69, 9.17) is 19.4 Å². The number of furan rings is 1. The van der Waals surface area contributed by atoms with Gasteiger partial charge in [0.25, 0.3) is 0 Å². The van der Waals surface area contributed by atoms with Gasteiger partial charge in [0.15, 0.2) is 17.5 Å². The van der Waals surface area contributed by atoms with Crippen molar-refractivity contribution in [2.75, 3.05) is 0 Å². The highest BCUT2D eigenvalue weighted by molar-refractivity contribution is 7.26. The molecule has 0 N–H and O–H groups in total. The molecule has 3 heterocycles. The van der Waals surface area contributed by atoms with Gasteiger partial charge in [-0.15, -0.1) is 11.3 Å². The molecule has 242 valence electrons. The van der Waals surface area contributed by atoms with Crippen molar-refractivity contribution >= 4 is 75.0 Å². The fourth-order valence-corrected chi connectivity index (χ4v) is 8.93. The van der Waals surface area contributed by atoms with E-state index >= 15 is 0 Å². The summed E-state index contributed by atoms with van der Waals surface area (Å²) in [6.45, 7) is 0. The summed E-state index contributed by atoms with van der Waals surface area (Å²) >= 11 is 1.77. The molecule has 0 fully saturated rings. The van der Waals surface area contributed by atoms with Crippen LogP contribution >= 0.6 is 11.3 Å². The molecule has 11 aromatic rings. The van der Waals surface area contributed by atoms with Crippen LogP contribution in [0.1, 0.15) is 0 Å². The summed E-state index contributed by atoms with van der Waals surface area (Å²) in [7, 11) is 0. The first-order chi connectivity index (χ1) is 25.8. The summed E-state index contributed by atoms with van der Waals surface area (Å²) in [5.41, 5.74) is 6.62. The van der Waals surface area contributed by atoms with Crippen LogP contribution in [-0.2, 0) is 0 Å². The molecule has 0 aliphatic heterocycles. The molecule has 0 saturated carbocycles. The van der Waals surface area contributed by atoms with Gasteiger partial charge in [0, 0.05) is 42.1 Å². The minimum Gasteiger partial charge on any atom is -0.455 e. The van der Waals surface area contributed by atoms with Gasteiger partial charge in [-0.05, 0) is 63.0 Å². The number of rotatable bonds is 4. The highest BCUT2D eigenvalue weighted by atomic mass is 32.1. The summed E-state index contributed by atoms with van der Waals surface area (Å²) < 4.78 is 8.89. The van der Waals surface area contributed by atoms with Crippen LogP contribution in [0, 0.1) is 0 Å². The number of hydrogen-bond acceptors (Lipinski definition) is 5. The number of para-hydroxylation sites is 2. The average molecular weight is 682 g/mol. The average Bonchev–Trinajstić information content (AvgIpc) is 3.79. The highest BCUT2D eigenvalue weighted by Crippen LogP contribution is 2.41. The van der Waals surface area contributed by atoms with Gasteiger partial charge in [-0.3, -0.25) is 0 Å². The predicted molar refractivity (Wildman–Crippen MR) is 217 cm³/mol. The lowest BCUT2D eigenvalue weighted by Crippen LogP contribution is -2.00. The fourth-order valence-electron chi connectivity index (χ4n) is 7.72. The molecular formula is C47H27N3OS. The third-order valence-electron chi connectivity index (χ3n) is 10.1. The molecule has 52 heavy (non-hydrogen) atoms. The summed E-state index contributed by atoms with van der Waals surface area (Å²) in [6.07, 6.45) is 0. The summed E-state index contributed by atoms with van der Waals surface area (Å²) in [6, 6.07) is 57.4. The number of benzene rings is 8. The first-order valence-corrected chi connectivity index (χ1v) is 18.2. The van der Waals surface area contributed by atoms with Gasteiger partial charge >= 0.3 is 0 Å². The maximum Gasteiger partial charge on any atom is 0.167 e. The number of aromatic nitrogens is 3. The van der Waals surface area contributed by atoms with Crippen molar-refractivity contribution in [2.24, 2.45) is 0 Å². The lowest BCUT2D eigenvalue weighted by Gasteiger charge is -2.12. The Balaban J connectivity index is 1.16. The number of thiophene rings is 1. The van der Waals surface area contributed by atoms with Crippen LogP contribution in [0.3, 0.4) is 0 Å². The minimum atomic E-state index is 0.573. The monoisotopic (exact) mass is 681 g/mol. The van der Waals surface area contributed by atoms with E-state index in [1.807, 2.05) is 24.3 Å². The molecule has 0 aliphatic rings. The Morgan fingerprint density at radius 2 is 1.02 bits per heavy atom. The van der Waals surface area contributed by atoms with E-state index in [1.54, 1.807) is 11.3 Å². The second-order valence-corrected chi connectivity index (χ2v) is 14.2. The van der Waals surface area contributed by atoms with E-state index in [-0.39, 0.29) is 0 Å². The largest absolute Gasteiger partial charge is 0.455 e. The SMILES string of the molecule is c1cc(-c2nc(-c3cccc4c3oc3ccccc34)nc(-c3cccc4c3sc3ccccc34)n2)cc(-c2cccc3ccc4ccccc4c23)c1. The minimum absolute atomic E-state index is 0.573. The molecule has 0 bridgehead atoms. The molecule has 3 aromatic heterocycles. The molecule has 4 nitrogen and oxygen atoms in total. The van der Waals surface area contributed by atoms with E-state index in [1.165, 1.54) is 42.6 Å². The second-order valence-electron chi connectivity index (χ2n) is 13.1. The Labute approximate surface area is 302 Å². The molecule has 0 saturated heterocycles. The summed E-state index contributed by atoms with van der Waals surface area (Å²) in [4.78, 5) is 15.7. The van der Waals surface area contributed by atoms with Crippen LogP contribution in [0.15, 0.2) is 168 Å². The third-order valence-corrected chi connectivity index (χ3v) is 11.3. The first-order valence-electron chi connectivity index (χ1n) is 17.4. The lowest BCUT2D eigenvalue weighted by molar-refractivity contribution is 0.669. The molecule has 0 atom stereocenters. The van der Waals surface area contributed by atoms with E-state index < -0.39 is 0 Å². The van der Waals surface area contributed by atoms with E-state index in [0.29, 0.717) is 17.5 Å². The Hall–Kier alpha value is -6.69. The third kappa shape index (κ3) is 4.50. The second kappa shape index (κ2) is 11.4. The molecule has 0 spiro atoms. The van der Waals surface area contributed by atoms with Crippen molar-refractivity contribution < 1.29 is 4.42 Å². The molecule has 0 unspecified atom stereocenters. The van der Waals surface area contributed by atoms with Crippen LogP contribution in [0.4, 0.5) is 0 Å². The van der Waals surface area contributed by atoms with Crippen molar-refractivity contribution in [3.8, 4) is 45.3 Å². The molecule has 0 aliphatic carbocycles. The van der Waals surface area contributed by atoms with E-state index in [0.717, 1.165) is 48.9 Å². The van der Waals surface area contributed by atoms with Crippen LogP contribution in [0.5, 0.6) is 0 Å². The van der Waals surface area contributed by atoms with Crippen molar-refractivity contribution in [2.45, 2.75) is 0 Å². The van der Waals surface area contributed by atoms with Gasteiger partial charge in [0.1, 0.15) is 11.2 Å². The summed E-state index contributed by atoms with van der Waals surface area (Å²) in [5, 5.41) is 9.45. The van der Waals surface area contributed by atoms with Gasteiger partial charge in [-0.2, -0.15) is 0 Å². The number of fused-ring (bicyclic) bond motifs is 9. The normalized spacial score (nSPS) is 11.8. The van der Waals surface area contributed by atoms with Crippen LogP contribution in [-0.4, -0.2) is 15.0 Å². The Kier molecular flexibility index (Phi) is 6.39. The fraction of sp³-hybridized carbons (Fsp3) is 0. The van der Waals surface area contributed by atoms with Gasteiger partial charge < -0.3 is 4.42 Å². The standard InChI is InChI=1S/C47H27N3OS/c1-2-15-32-28(11-1)25-26-29-12-8-18-33(42(29)32)30-13-7-14-31(27-30)45-48-46(38-21-9-19-36-34-16-3-5-23-40(34)51-43(36)38)50-47(49-45)39-22-10-20-37-35-17-4-6-24-41(35)52-44(37)39/h1-27H. The lowest BCUT2D eigenvalue weighted by atomic mass is 9.93. The maximum atomic E-state index is 6.49. The summed E-state index contributed by atoms with van der Waals surface area (Å²) in [5.74, 6) is 1.81. The van der Waals surface area contributed by atoms with E-state index in [2.05, 4.69) is 140 Å². The predicted octanol–water partition coefficient (Wildman–Crippen LogP) is 13.1. The van der Waals surface area contributed by atoms with Crippen LogP contribution in [0.25, 0.3) is 109 Å². The zero-order valence-corrected chi connectivity index (χ0v) is 28.6. The maximum absolute atomic E-state index is 6.49. The molecular weight excluding hydrogens is 655 g/mol. The molecule has 0 radical (unpaired) electrons. The van der Waals surface area contributed by atoms with Gasteiger partial charge in [-0.1, -0.05) is 133 Å². The quantitative estimate of drug-likeness (QED) is 0.174. The number of hydrogen-bond donors (Lipinski definition) is 0. The van der Waals surface area contributed by atoms with Gasteiger partial charge in [0.05, 0.1) is 5.56 Å². The van der Waals surface area contributed by atoms with E-state index in [9.17, 15) is 0 Å². The van der Waals surface area contributed by atoms with Gasteiger partial charge in [0.2, 0.25) is 0 Å². The Bertz CT molecular complexity index is 3080. The smallest absolute Gasteiger partial charge is 0.167 e. The molecule has 5 heteroatoms. The van der Waals surface area contributed by atoms with Crippen LogP contribution in [0.2, 0.25) is 0 Å². The van der Waals surface area contributed by atoms with Crippen molar-refractivity contribution in [1.82, 2.24) is 15.0 Å². The zero-order chi connectivity index (χ0) is 34.2. The van der Waals surface area contributed by atoms with Crippen molar-refractivity contribution in [3.05, 3.63) is 164 Å². The molecule has 0 amide bonds. The number of nitrogens with zero attached hydrogens (tertiary/aromatic N) is 3. The van der Waals surface area contributed by atoms with Crippen LogP contribution < -0.4 is 0 Å². The molecule has 11 rings (SSSR count). The zero-order valence-electron chi connectivity index (χ0n) is 27.7. The Morgan fingerprint density at radius 1 is 0.404 bits per heavy atom. The topological polar surface area (TPSA) is 51.8 Å². The van der Waals surface area contributed by atoms with Crippen molar-refractivity contribution in [3.63, 3.8) is 0 Å². The van der Waals surface area contributed by atoms with Crippen molar-refractivity contribution in [1.29, 1.82) is 0 Å². The highest BCUT2D eigenvalue weighted by Gasteiger charge is 2.20. The van der Waals surface area contributed by atoms with Gasteiger partial charge in [-0.25, -0.2) is 15.0 Å². The first kappa shape index (κ1) is 29.1. The molecule has 8 aromatic carbocycles. The Morgan fingerprint density at radius 3 is 1.94 bits per heavy atom.